The van der Waals surface area contributed by atoms with E-state index >= 15 is 0 Å². The van der Waals surface area contributed by atoms with Gasteiger partial charge < -0.3 is 11.1 Å². The van der Waals surface area contributed by atoms with E-state index in [1.165, 1.54) is 12.1 Å². The first kappa shape index (κ1) is 12.9. The minimum atomic E-state index is -0.564. The Morgan fingerprint density at radius 2 is 2.31 bits per heavy atom. The van der Waals surface area contributed by atoms with Crippen molar-refractivity contribution in [3.8, 4) is 0 Å². The normalized spacial score (nSPS) is 12.2. The quantitative estimate of drug-likeness (QED) is 0.855. The number of halogens is 2. The lowest BCUT2D eigenvalue weighted by Gasteiger charge is -2.12. The second-order valence-electron chi connectivity index (χ2n) is 3.51. The third-order valence-corrected chi connectivity index (χ3v) is 2.44. The lowest BCUT2D eigenvalue weighted by molar-refractivity contribution is -0.117. The summed E-state index contributed by atoms with van der Waals surface area (Å²) in [5, 5.41) is 2.72. The van der Waals surface area contributed by atoms with Crippen LogP contribution >= 0.6 is 11.6 Å². The van der Waals surface area contributed by atoms with E-state index in [-0.39, 0.29) is 10.9 Å². The minimum absolute atomic E-state index is 0.164. The fraction of sp³-hybridized carbons (Fsp3) is 0.364. The standard InChI is InChI=1S/C11H14ClFN2O/c1-2-3-9(14)11(16)15-10-5-4-7(13)6-8(10)12/h4-6,9H,2-3,14H2,1H3,(H,15,16). The third-order valence-electron chi connectivity index (χ3n) is 2.13. The van der Waals surface area contributed by atoms with Crippen molar-refractivity contribution in [2.45, 2.75) is 25.8 Å². The first-order valence-electron chi connectivity index (χ1n) is 5.06. The molecule has 0 saturated carbocycles. The van der Waals surface area contributed by atoms with Gasteiger partial charge in [0.05, 0.1) is 16.8 Å². The van der Waals surface area contributed by atoms with Crippen molar-refractivity contribution in [2.75, 3.05) is 5.32 Å². The average molecular weight is 245 g/mol. The summed E-state index contributed by atoms with van der Waals surface area (Å²) in [6.07, 6.45) is 1.43. The number of carbonyl (C=O) groups is 1. The molecule has 0 saturated heterocycles. The summed E-state index contributed by atoms with van der Waals surface area (Å²) in [6, 6.07) is 3.22. The average Bonchev–Trinajstić information content (AvgIpc) is 2.22. The van der Waals surface area contributed by atoms with E-state index in [1.54, 1.807) is 0 Å². The number of benzene rings is 1. The number of carbonyl (C=O) groups excluding carboxylic acids is 1. The molecule has 0 radical (unpaired) electrons. The second kappa shape index (κ2) is 5.82. The van der Waals surface area contributed by atoms with E-state index in [1.807, 2.05) is 6.92 Å². The summed E-state index contributed by atoms with van der Waals surface area (Å²) in [4.78, 5) is 11.6. The first-order valence-corrected chi connectivity index (χ1v) is 5.44. The van der Waals surface area contributed by atoms with Crippen molar-refractivity contribution in [2.24, 2.45) is 5.73 Å². The van der Waals surface area contributed by atoms with Crippen LogP contribution in [0.15, 0.2) is 18.2 Å². The number of rotatable bonds is 4. The van der Waals surface area contributed by atoms with Gasteiger partial charge in [-0.05, 0) is 24.6 Å². The van der Waals surface area contributed by atoms with Crippen molar-refractivity contribution in [1.82, 2.24) is 0 Å². The molecule has 1 rings (SSSR count). The molecule has 0 aromatic heterocycles. The maximum Gasteiger partial charge on any atom is 0.241 e. The zero-order chi connectivity index (χ0) is 12.1. The van der Waals surface area contributed by atoms with Crippen molar-refractivity contribution in [3.05, 3.63) is 29.0 Å². The van der Waals surface area contributed by atoms with Gasteiger partial charge in [-0.3, -0.25) is 4.79 Å². The van der Waals surface area contributed by atoms with E-state index in [9.17, 15) is 9.18 Å². The fourth-order valence-electron chi connectivity index (χ4n) is 1.26. The zero-order valence-corrected chi connectivity index (χ0v) is 9.72. The highest BCUT2D eigenvalue weighted by atomic mass is 35.5. The topological polar surface area (TPSA) is 55.1 Å². The van der Waals surface area contributed by atoms with Crippen LogP contribution in [-0.4, -0.2) is 11.9 Å². The maximum absolute atomic E-state index is 12.7. The van der Waals surface area contributed by atoms with Gasteiger partial charge in [-0.1, -0.05) is 24.9 Å². The molecule has 3 nitrogen and oxygen atoms in total. The molecule has 0 bridgehead atoms. The highest BCUT2D eigenvalue weighted by molar-refractivity contribution is 6.33. The second-order valence-corrected chi connectivity index (χ2v) is 3.92. The molecule has 16 heavy (non-hydrogen) atoms. The lowest BCUT2D eigenvalue weighted by Crippen LogP contribution is -2.35. The monoisotopic (exact) mass is 244 g/mol. The van der Waals surface area contributed by atoms with Gasteiger partial charge in [-0.25, -0.2) is 4.39 Å². The Morgan fingerprint density at radius 3 is 2.88 bits per heavy atom. The summed E-state index contributed by atoms with van der Waals surface area (Å²) < 4.78 is 12.7. The molecule has 3 N–H and O–H groups in total. The Hall–Kier alpha value is -1.13. The van der Waals surface area contributed by atoms with Gasteiger partial charge in [0.1, 0.15) is 5.82 Å². The van der Waals surface area contributed by atoms with E-state index in [0.717, 1.165) is 12.5 Å². The Kier molecular flexibility index (Phi) is 4.71. The zero-order valence-electron chi connectivity index (χ0n) is 8.97. The predicted octanol–water partition coefficient (Wildman–Crippen LogP) is 2.55. The van der Waals surface area contributed by atoms with Crippen LogP contribution in [0.3, 0.4) is 0 Å². The van der Waals surface area contributed by atoms with Crippen molar-refractivity contribution < 1.29 is 9.18 Å². The van der Waals surface area contributed by atoms with Gasteiger partial charge in [0.2, 0.25) is 5.91 Å². The van der Waals surface area contributed by atoms with Gasteiger partial charge in [0, 0.05) is 0 Å². The Balaban J connectivity index is 2.69. The molecular weight excluding hydrogens is 231 g/mol. The number of anilines is 1. The van der Waals surface area contributed by atoms with Crippen LogP contribution < -0.4 is 11.1 Å². The van der Waals surface area contributed by atoms with Gasteiger partial charge in [0.25, 0.3) is 0 Å². The van der Waals surface area contributed by atoms with Crippen molar-refractivity contribution in [3.63, 3.8) is 0 Å². The lowest BCUT2D eigenvalue weighted by atomic mass is 10.1. The summed E-state index contributed by atoms with van der Waals surface area (Å²) in [6.45, 7) is 1.94. The van der Waals surface area contributed by atoms with E-state index < -0.39 is 11.9 Å². The highest BCUT2D eigenvalue weighted by Gasteiger charge is 2.13. The number of hydrogen-bond acceptors (Lipinski definition) is 2. The van der Waals surface area contributed by atoms with E-state index in [2.05, 4.69) is 5.32 Å². The Bertz CT molecular complexity index is 384. The van der Waals surface area contributed by atoms with Gasteiger partial charge >= 0.3 is 0 Å². The van der Waals surface area contributed by atoms with Crippen LogP contribution in [0, 0.1) is 5.82 Å². The van der Waals surface area contributed by atoms with Gasteiger partial charge in [0.15, 0.2) is 0 Å². The van der Waals surface area contributed by atoms with E-state index in [0.29, 0.717) is 12.1 Å². The molecule has 1 aromatic carbocycles. The Morgan fingerprint density at radius 1 is 1.62 bits per heavy atom. The highest BCUT2D eigenvalue weighted by Crippen LogP contribution is 2.22. The molecule has 0 heterocycles. The molecule has 0 fully saturated rings. The molecule has 0 aliphatic heterocycles. The van der Waals surface area contributed by atoms with Crippen LogP contribution in [0.1, 0.15) is 19.8 Å². The van der Waals surface area contributed by atoms with Gasteiger partial charge in [-0.2, -0.15) is 0 Å². The molecule has 0 aliphatic carbocycles. The van der Waals surface area contributed by atoms with Crippen LogP contribution in [0.2, 0.25) is 5.02 Å². The maximum atomic E-state index is 12.7. The molecule has 1 unspecified atom stereocenters. The van der Waals surface area contributed by atoms with Crippen LogP contribution in [0.5, 0.6) is 0 Å². The summed E-state index contributed by atoms with van der Waals surface area (Å²) in [5.41, 5.74) is 6.00. The molecule has 88 valence electrons. The van der Waals surface area contributed by atoms with Crippen LogP contribution in [0.4, 0.5) is 10.1 Å². The van der Waals surface area contributed by atoms with Gasteiger partial charge in [-0.15, -0.1) is 0 Å². The summed E-state index contributed by atoms with van der Waals surface area (Å²) in [7, 11) is 0. The Labute approximate surface area is 98.8 Å². The first-order chi connectivity index (χ1) is 7.54. The molecule has 5 heteroatoms. The smallest absolute Gasteiger partial charge is 0.241 e. The minimum Gasteiger partial charge on any atom is -0.323 e. The SMILES string of the molecule is CCCC(N)C(=O)Nc1ccc(F)cc1Cl. The third kappa shape index (κ3) is 3.47. The summed E-state index contributed by atoms with van der Waals surface area (Å²) in [5.74, 6) is -0.754. The number of hydrogen-bond donors (Lipinski definition) is 2. The molecule has 0 aliphatic rings. The molecule has 1 atom stereocenters. The largest absolute Gasteiger partial charge is 0.323 e. The summed E-state index contributed by atoms with van der Waals surface area (Å²) >= 11 is 5.76. The molecular formula is C11H14ClFN2O. The fourth-order valence-corrected chi connectivity index (χ4v) is 1.47. The molecule has 0 spiro atoms. The number of nitrogens with two attached hydrogens (primary N) is 1. The number of amides is 1. The van der Waals surface area contributed by atoms with Crippen molar-refractivity contribution >= 4 is 23.2 Å². The van der Waals surface area contributed by atoms with Crippen LogP contribution in [-0.2, 0) is 4.79 Å². The van der Waals surface area contributed by atoms with Crippen molar-refractivity contribution in [1.29, 1.82) is 0 Å². The predicted molar refractivity (Wildman–Crippen MR) is 62.9 cm³/mol. The van der Waals surface area contributed by atoms with E-state index in [4.69, 9.17) is 17.3 Å². The molecule has 1 amide bonds. The van der Waals surface area contributed by atoms with Crippen LogP contribution in [0.25, 0.3) is 0 Å². The molecule has 1 aromatic rings. The number of nitrogens with one attached hydrogen (secondary N) is 1.